The molecule has 13 rings (SSSR count). The molecule has 7 aromatic heterocycles. The Kier molecular flexibility index (Phi) is 24.3. The number of fused-ring (bicyclic) bond motifs is 8. The second-order valence-electron chi connectivity index (χ2n) is 15.4. The number of para-hydroxylation sites is 1. The van der Waals surface area contributed by atoms with Crippen LogP contribution in [-0.4, -0.2) is 34.9 Å². The van der Waals surface area contributed by atoms with Crippen LogP contribution in [0.15, 0.2) is 256 Å². The highest BCUT2D eigenvalue weighted by atomic mass is 14.7. The van der Waals surface area contributed by atoms with E-state index in [0.717, 1.165) is 66.3 Å². The minimum Gasteiger partial charge on any atom is -0.264 e. The van der Waals surface area contributed by atoms with Crippen molar-refractivity contribution in [1.29, 1.82) is 0 Å². The number of rotatable bonds is 2. The van der Waals surface area contributed by atoms with E-state index < -0.39 is 0 Å². The van der Waals surface area contributed by atoms with Crippen LogP contribution in [0.25, 0.3) is 87.8 Å². The molecule has 0 fully saturated rings. The average Bonchev–Trinajstić information content (AvgIpc) is 3.52. The van der Waals surface area contributed by atoms with Crippen LogP contribution in [0.1, 0.15) is 61.0 Å². The second kappa shape index (κ2) is 32.1. The normalized spacial score (nSPS) is 9.67. The van der Waals surface area contributed by atoms with Gasteiger partial charge < -0.3 is 0 Å². The van der Waals surface area contributed by atoms with E-state index in [9.17, 15) is 0 Å². The first-order valence-electron chi connectivity index (χ1n) is 26.0. The van der Waals surface area contributed by atoms with Crippen molar-refractivity contribution in [3.63, 3.8) is 0 Å². The van der Waals surface area contributed by atoms with E-state index in [1.54, 1.807) is 12.4 Å². The van der Waals surface area contributed by atoms with E-state index in [1.807, 2.05) is 202 Å². The minimum atomic E-state index is 0.977. The van der Waals surface area contributed by atoms with Crippen LogP contribution in [0.2, 0.25) is 0 Å². The summed E-state index contributed by atoms with van der Waals surface area (Å²) in [6, 6.07) is 71.3. The third kappa shape index (κ3) is 16.2. The van der Waals surface area contributed by atoms with Crippen molar-refractivity contribution in [3.05, 3.63) is 261 Å². The summed E-state index contributed by atoms with van der Waals surface area (Å²) in [5, 5.41) is 8.26. The van der Waals surface area contributed by atoms with Gasteiger partial charge in [0.15, 0.2) is 0 Å². The minimum absolute atomic E-state index is 0.977. The quantitative estimate of drug-likeness (QED) is 0.159. The van der Waals surface area contributed by atoms with Crippen LogP contribution in [0, 0.1) is 6.92 Å². The lowest BCUT2D eigenvalue weighted by Gasteiger charge is -2.04. The van der Waals surface area contributed by atoms with Crippen LogP contribution in [0.3, 0.4) is 0 Å². The maximum Gasteiger partial charge on any atom is 0.0967 e. The predicted molar refractivity (Wildman–Crippen MR) is 323 cm³/mol. The van der Waals surface area contributed by atoms with Gasteiger partial charge in [0.05, 0.1) is 39.0 Å². The number of aryl methyl sites for hydroxylation is 1. The molecule has 0 radical (unpaired) electrons. The second-order valence-corrected chi connectivity index (χ2v) is 15.4. The van der Waals surface area contributed by atoms with E-state index in [1.165, 1.54) is 27.1 Å². The summed E-state index contributed by atoms with van der Waals surface area (Å²) >= 11 is 0. The third-order valence-electron chi connectivity index (χ3n) is 11.0. The van der Waals surface area contributed by atoms with E-state index in [-0.39, 0.29) is 0 Å². The average molecular weight is 984 g/mol. The molecule has 75 heavy (non-hydrogen) atoms. The Hall–Kier alpha value is -9.07. The molecule has 0 spiro atoms. The zero-order valence-electron chi connectivity index (χ0n) is 44.9. The van der Waals surface area contributed by atoms with Gasteiger partial charge in [0.25, 0.3) is 0 Å². The number of hydrogen-bond acceptors (Lipinski definition) is 7. The summed E-state index contributed by atoms with van der Waals surface area (Å²) < 4.78 is 0. The molecule has 0 saturated heterocycles. The Morgan fingerprint density at radius 3 is 1.23 bits per heavy atom. The van der Waals surface area contributed by atoms with Crippen molar-refractivity contribution in [2.24, 2.45) is 0 Å². The maximum absolute atomic E-state index is 4.71. The first-order chi connectivity index (χ1) is 37.2. The smallest absolute Gasteiger partial charge is 0.0967 e. The molecule has 0 unspecified atom stereocenters. The lowest BCUT2D eigenvalue weighted by molar-refractivity contribution is 1.32. The molecule has 0 saturated carbocycles. The molecule has 0 amide bonds. The van der Waals surface area contributed by atoms with E-state index >= 15 is 0 Å². The van der Waals surface area contributed by atoms with Gasteiger partial charge in [-0.15, -0.1) is 0 Å². The summed E-state index contributed by atoms with van der Waals surface area (Å²) in [5.74, 6) is 0. The fourth-order valence-corrected chi connectivity index (χ4v) is 7.65. The van der Waals surface area contributed by atoms with Gasteiger partial charge in [-0.25, -0.2) is 4.98 Å². The van der Waals surface area contributed by atoms with Crippen LogP contribution < -0.4 is 0 Å². The SMILES string of the molecule is CC.CC.CC.CC.Cc1cc2cccnc2c2ncccc12.c1ccc(-c2cccc(-c3ccccc3)n2)cc1.c1ccc2cnccc2c1.c1ccc2ncccc2c1.c1cnc2c(c1)ccc1cccnc12. The number of nitrogens with zero attached hydrogens (tertiary/aromatic N) is 7. The lowest BCUT2D eigenvalue weighted by atomic mass is 10.1. The predicted octanol–water partition coefficient (Wildman–Crippen LogP) is 18.9. The first-order valence-corrected chi connectivity index (χ1v) is 26.0. The summed E-state index contributed by atoms with van der Waals surface area (Å²) in [6.07, 6.45) is 12.7. The van der Waals surface area contributed by atoms with Crippen LogP contribution in [0.5, 0.6) is 0 Å². The molecule has 0 N–H and O–H groups in total. The number of benzene rings is 6. The molecule has 0 bridgehead atoms. The van der Waals surface area contributed by atoms with Gasteiger partial charge in [0, 0.05) is 81.4 Å². The van der Waals surface area contributed by atoms with Gasteiger partial charge in [-0.1, -0.05) is 207 Å². The molecule has 376 valence electrons. The topological polar surface area (TPSA) is 90.2 Å². The fourth-order valence-electron chi connectivity index (χ4n) is 7.65. The lowest BCUT2D eigenvalue weighted by Crippen LogP contribution is -1.87. The Morgan fingerprint density at radius 2 is 0.693 bits per heavy atom. The summed E-state index contributed by atoms with van der Waals surface area (Å²) in [4.78, 5) is 30.4. The zero-order valence-corrected chi connectivity index (χ0v) is 44.9. The van der Waals surface area contributed by atoms with Gasteiger partial charge >= 0.3 is 0 Å². The van der Waals surface area contributed by atoms with Gasteiger partial charge in [0.1, 0.15) is 0 Å². The highest BCUT2D eigenvalue weighted by Gasteiger charge is 2.05. The maximum atomic E-state index is 4.71. The summed E-state index contributed by atoms with van der Waals surface area (Å²) in [7, 11) is 0. The molecular formula is C68H69N7. The number of pyridine rings is 7. The molecule has 6 aromatic carbocycles. The van der Waals surface area contributed by atoms with E-state index in [0.29, 0.717) is 0 Å². The van der Waals surface area contributed by atoms with Crippen molar-refractivity contribution in [3.8, 4) is 22.5 Å². The van der Waals surface area contributed by atoms with Crippen molar-refractivity contribution in [1.82, 2.24) is 34.9 Å². The molecule has 0 atom stereocenters. The molecule has 0 aliphatic heterocycles. The Balaban J connectivity index is 0.000000170. The summed E-state index contributed by atoms with van der Waals surface area (Å²) in [5.41, 5.74) is 10.6. The van der Waals surface area contributed by atoms with E-state index in [4.69, 9.17) is 4.98 Å². The molecule has 13 aromatic rings. The number of hydrogen-bond donors (Lipinski definition) is 0. The Bertz CT molecular complexity index is 3370. The molecule has 7 heteroatoms. The molecule has 7 nitrogen and oxygen atoms in total. The fraction of sp³-hybridized carbons (Fsp3) is 0.132. The van der Waals surface area contributed by atoms with Crippen molar-refractivity contribution in [2.45, 2.75) is 62.3 Å². The van der Waals surface area contributed by atoms with Gasteiger partial charge in [-0.05, 0) is 83.9 Å². The van der Waals surface area contributed by atoms with Crippen molar-refractivity contribution >= 4 is 65.3 Å². The van der Waals surface area contributed by atoms with Crippen LogP contribution in [-0.2, 0) is 0 Å². The Morgan fingerprint density at radius 1 is 0.280 bits per heavy atom. The van der Waals surface area contributed by atoms with Crippen molar-refractivity contribution in [2.75, 3.05) is 0 Å². The van der Waals surface area contributed by atoms with Crippen LogP contribution >= 0.6 is 0 Å². The largest absolute Gasteiger partial charge is 0.264 e. The first kappa shape index (κ1) is 56.8. The third-order valence-corrected chi connectivity index (χ3v) is 11.0. The van der Waals surface area contributed by atoms with E-state index in [2.05, 4.69) is 134 Å². The van der Waals surface area contributed by atoms with Gasteiger partial charge in [-0.2, -0.15) is 0 Å². The molecule has 0 aliphatic carbocycles. The van der Waals surface area contributed by atoms with Crippen LogP contribution in [0.4, 0.5) is 0 Å². The highest BCUT2D eigenvalue weighted by Crippen LogP contribution is 2.25. The number of aromatic nitrogens is 7. The monoisotopic (exact) mass is 984 g/mol. The Labute approximate surface area is 444 Å². The van der Waals surface area contributed by atoms with Gasteiger partial charge in [-0.3, -0.25) is 29.9 Å². The molecule has 0 aliphatic rings. The van der Waals surface area contributed by atoms with Gasteiger partial charge in [0.2, 0.25) is 0 Å². The van der Waals surface area contributed by atoms with Crippen molar-refractivity contribution < 1.29 is 0 Å². The molecule has 7 heterocycles. The zero-order chi connectivity index (χ0) is 53.5. The standard InChI is InChI=1S/C17H13N.C13H10N2.C12H8N2.2C9H7N.4C2H6/c1-3-8-14(9-4-1)16-12-7-13-17(18-16)15-10-5-2-6-11-15;1-9-8-10-4-2-6-14-12(10)13-11(9)5-3-7-15-13;1-3-9-5-6-10-4-2-8-14-12(10)11(9)13-7-1;1-2-6-9-8(4-1)5-3-7-10-9;1-2-4-9-7-10-6-5-8(9)3-1;4*1-2/h1-13H;2-8H,1H3;1-8H;2*1-7H;4*1-2H3. The summed E-state index contributed by atoms with van der Waals surface area (Å²) in [6.45, 7) is 18.1. The highest BCUT2D eigenvalue weighted by molar-refractivity contribution is 6.04. The molecular weight excluding hydrogens is 915 g/mol.